The molecule has 0 bridgehead atoms. The van der Waals surface area contributed by atoms with Crippen molar-refractivity contribution in [3.63, 3.8) is 0 Å². The minimum atomic E-state index is -0.354. The van der Waals surface area contributed by atoms with Crippen LogP contribution in [0.3, 0.4) is 0 Å². The third kappa shape index (κ3) is 2.71. The maximum atomic E-state index is 13.6. The molecule has 0 saturated carbocycles. The van der Waals surface area contributed by atoms with Gasteiger partial charge in [-0.25, -0.2) is 9.37 Å². The second-order valence-electron chi connectivity index (χ2n) is 3.50. The Balaban J connectivity index is 2.38. The number of benzene rings is 1. The zero-order chi connectivity index (χ0) is 12.4. The molecule has 0 fully saturated rings. The number of nitrogens with zero attached hydrogens (tertiary/aromatic N) is 2. The predicted octanol–water partition coefficient (Wildman–Crippen LogP) is 3.01. The zero-order valence-corrected chi connectivity index (χ0v) is 10.6. The van der Waals surface area contributed by atoms with Crippen LogP contribution >= 0.6 is 15.9 Å². The Morgan fingerprint density at radius 2 is 2.12 bits per heavy atom. The van der Waals surface area contributed by atoms with Gasteiger partial charge in [0.15, 0.2) is 0 Å². The monoisotopic (exact) mass is 296 g/mol. The van der Waals surface area contributed by atoms with Gasteiger partial charge in [0, 0.05) is 6.07 Å². The number of hydrogen-bond acceptors (Lipinski definition) is 4. The van der Waals surface area contributed by atoms with E-state index in [0.29, 0.717) is 16.1 Å². The lowest BCUT2D eigenvalue weighted by Crippen LogP contribution is -2.03. The lowest BCUT2D eigenvalue weighted by Gasteiger charge is -2.09. The van der Waals surface area contributed by atoms with Crippen LogP contribution in [0.4, 0.5) is 21.8 Å². The minimum Gasteiger partial charge on any atom is -0.383 e. The number of nitrogen functional groups attached to an aromatic ring is 1. The zero-order valence-electron chi connectivity index (χ0n) is 9.04. The molecule has 2 aromatic rings. The number of nitrogens with one attached hydrogen (secondary N) is 1. The number of hydrogen-bond donors (Lipinski definition) is 2. The summed E-state index contributed by atoms with van der Waals surface area (Å²) in [6.07, 6.45) is 0. The maximum absolute atomic E-state index is 13.6. The number of aromatic nitrogens is 2. The minimum absolute atomic E-state index is 0.255. The molecule has 1 aromatic heterocycles. The van der Waals surface area contributed by atoms with Gasteiger partial charge in [0.25, 0.3) is 0 Å². The lowest BCUT2D eigenvalue weighted by molar-refractivity contribution is 0.630. The van der Waals surface area contributed by atoms with Gasteiger partial charge in [0.1, 0.15) is 16.2 Å². The summed E-state index contributed by atoms with van der Waals surface area (Å²) in [5.74, 6) is 0.209. The second-order valence-corrected chi connectivity index (χ2v) is 4.31. The van der Waals surface area contributed by atoms with Gasteiger partial charge < -0.3 is 11.1 Å². The summed E-state index contributed by atoms with van der Waals surface area (Å²) in [5, 5.41) is 2.81. The van der Waals surface area contributed by atoms with Gasteiger partial charge in [-0.3, -0.25) is 0 Å². The van der Waals surface area contributed by atoms with Gasteiger partial charge in [-0.05, 0) is 34.5 Å². The molecule has 0 radical (unpaired) electrons. The molecule has 2 rings (SSSR count). The van der Waals surface area contributed by atoms with Crippen LogP contribution in [0.2, 0.25) is 0 Å². The van der Waals surface area contributed by atoms with Gasteiger partial charge in [-0.15, -0.1) is 0 Å². The number of rotatable bonds is 2. The molecule has 0 aliphatic carbocycles. The van der Waals surface area contributed by atoms with Crippen LogP contribution in [0.25, 0.3) is 0 Å². The molecule has 17 heavy (non-hydrogen) atoms. The first-order valence-electron chi connectivity index (χ1n) is 4.88. The molecular formula is C11H10BrFN4. The smallest absolute Gasteiger partial charge is 0.230 e. The van der Waals surface area contributed by atoms with Crippen molar-refractivity contribution in [1.82, 2.24) is 9.97 Å². The van der Waals surface area contributed by atoms with Crippen LogP contribution in [0.5, 0.6) is 0 Å². The van der Waals surface area contributed by atoms with Crippen molar-refractivity contribution in [3.05, 3.63) is 40.2 Å². The Kier molecular flexibility index (Phi) is 3.23. The van der Waals surface area contributed by atoms with E-state index in [-0.39, 0.29) is 11.8 Å². The van der Waals surface area contributed by atoms with Crippen molar-refractivity contribution in [1.29, 1.82) is 0 Å². The van der Waals surface area contributed by atoms with Crippen molar-refractivity contribution < 1.29 is 4.39 Å². The second kappa shape index (κ2) is 4.67. The Hall–Kier alpha value is -1.69. The molecular weight excluding hydrogens is 287 g/mol. The van der Waals surface area contributed by atoms with Crippen molar-refractivity contribution in [2.75, 3.05) is 11.1 Å². The van der Waals surface area contributed by atoms with Gasteiger partial charge in [0.2, 0.25) is 5.95 Å². The highest BCUT2D eigenvalue weighted by Crippen LogP contribution is 2.23. The fraction of sp³-hybridized carbons (Fsp3) is 0.0909. The van der Waals surface area contributed by atoms with E-state index in [1.54, 1.807) is 25.1 Å². The highest BCUT2D eigenvalue weighted by atomic mass is 79.9. The van der Waals surface area contributed by atoms with Gasteiger partial charge >= 0.3 is 0 Å². The van der Waals surface area contributed by atoms with Crippen molar-refractivity contribution in [2.24, 2.45) is 0 Å². The van der Waals surface area contributed by atoms with Crippen molar-refractivity contribution in [2.45, 2.75) is 6.92 Å². The number of para-hydroxylation sites is 1. The van der Waals surface area contributed by atoms with Crippen LogP contribution in [0.1, 0.15) is 5.56 Å². The summed E-state index contributed by atoms with van der Waals surface area (Å²) >= 11 is 3.20. The summed E-state index contributed by atoms with van der Waals surface area (Å²) in [6.45, 7) is 1.80. The number of anilines is 3. The van der Waals surface area contributed by atoms with Crippen molar-refractivity contribution in [3.8, 4) is 0 Å². The quantitative estimate of drug-likeness (QED) is 0.836. The number of nitrogens with two attached hydrogens (primary N) is 1. The normalized spacial score (nSPS) is 10.3. The highest BCUT2D eigenvalue weighted by molar-refractivity contribution is 9.10. The summed E-state index contributed by atoms with van der Waals surface area (Å²) in [5.41, 5.74) is 6.70. The summed E-state index contributed by atoms with van der Waals surface area (Å²) in [7, 11) is 0. The molecule has 4 nitrogen and oxygen atoms in total. The molecule has 6 heteroatoms. The average Bonchev–Trinajstić information content (AvgIpc) is 2.22. The fourth-order valence-corrected chi connectivity index (χ4v) is 1.80. The first-order valence-corrected chi connectivity index (χ1v) is 5.68. The van der Waals surface area contributed by atoms with E-state index in [9.17, 15) is 4.39 Å². The Labute approximate surface area is 106 Å². The third-order valence-corrected chi connectivity index (χ3v) is 2.58. The van der Waals surface area contributed by atoms with Crippen molar-refractivity contribution >= 4 is 33.4 Å². The van der Waals surface area contributed by atoms with Gasteiger partial charge in [0.05, 0.1) is 5.69 Å². The summed E-state index contributed by atoms with van der Waals surface area (Å²) in [6, 6.07) is 6.38. The van der Waals surface area contributed by atoms with Crippen LogP contribution < -0.4 is 11.1 Å². The fourth-order valence-electron chi connectivity index (χ4n) is 1.39. The van der Waals surface area contributed by atoms with Gasteiger partial charge in [-0.2, -0.15) is 4.98 Å². The molecule has 1 heterocycles. The summed E-state index contributed by atoms with van der Waals surface area (Å²) < 4.78 is 14.1. The molecule has 3 N–H and O–H groups in total. The van der Waals surface area contributed by atoms with Crippen LogP contribution in [0.15, 0.2) is 28.9 Å². The van der Waals surface area contributed by atoms with Crippen LogP contribution in [-0.2, 0) is 0 Å². The third-order valence-electron chi connectivity index (χ3n) is 2.17. The average molecular weight is 297 g/mol. The highest BCUT2D eigenvalue weighted by Gasteiger charge is 2.08. The molecule has 0 atom stereocenters. The molecule has 0 amide bonds. The molecule has 88 valence electrons. The van der Waals surface area contributed by atoms with E-state index in [1.165, 1.54) is 6.07 Å². The molecule has 0 spiro atoms. The Bertz CT molecular complexity index is 519. The van der Waals surface area contributed by atoms with Gasteiger partial charge in [-0.1, -0.05) is 12.1 Å². The molecule has 0 aliphatic heterocycles. The topological polar surface area (TPSA) is 63.8 Å². The van der Waals surface area contributed by atoms with E-state index < -0.39 is 0 Å². The molecule has 0 aliphatic rings. The van der Waals surface area contributed by atoms with E-state index in [4.69, 9.17) is 5.73 Å². The van der Waals surface area contributed by atoms with E-state index in [1.807, 2.05) is 0 Å². The number of halogens is 2. The van der Waals surface area contributed by atoms with Crippen LogP contribution in [0, 0.1) is 12.7 Å². The van der Waals surface area contributed by atoms with E-state index >= 15 is 0 Å². The van der Waals surface area contributed by atoms with E-state index in [2.05, 4.69) is 31.2 Å². The number of aryl methyl sites for hydroxylation is 1. The Morgan fingerprint density at radius 3 is 2.76 bits per heavy atom. The molecule has 0 saturated heterocycles. The predicted molar refractivity (Wildman–Crippen MR) is 68.6 cm³/mol. The SMILES string of the molecule is Cc1cccc(F)c1Nc1nc(N)cc(Br)n1. The maximum Gasteiger partial charge on any atom is 0.230 e. The largest absolute Gasteiger partial charge is 0.383 e. The first-order chi connectivity index (χ1) is 8.06. The van der Waals surface area contributed by atoms with Crippen LogP contribution in [-0.4, -0.2) is 9.97 Å². The lowest BCUT2D eigenvalue weighted by atomic mass is 10.2. The first kappa shape index (κ1) is 11.8. The standard InChI is InChI=1S/C11H10BrFN4/c1-6-3-2-4-7(13)10(6)17-11-15-8(12)5-9(14)16-11/h2-5H,1H3,(H3,14,15,16,17). The molecule has 1 aromatic carbocycles. The van der Waals surface area contributed by atoms with E-state index in [0.717, 1.165) is 5.56 Å². The summed E-state index contributed by atoms with van der Waals surface area (Å²) in [4.78, 5) is 8.03. The Morgan fingerprint density at radius 1 is 1.35 bits per heavy atom. The molecule has 0 unspecified atom stereocenters.